The predicted octanol–water partition coefficient (Wildman–Crippen LogP) is 3.14. The number of carboxylic acid groups (broad SMARTS) is 1. The molecule has 1 unspecified atom stereocenters. The van der Waals surface area contributed by atoms with Gasteiger partial charge in [-0.25, -0.2) is 4.79 Å². The summed E-state index contributed by atoms with van der Waals surface area (Å²) < 4.78 is 1.64. The zero-order valence-electron chi connectivity index (χ0n) is 11.2. The van der Waals surface area contributed by atoms with Crippen molar-refractivity contribution < 1.29 is 9.90 Å². The lowest BCUT2D eigenvalue weighted by Crippen LogP contribution is -2.04. The minimum Gasteiger partial charge on any atom is -0.476 e. The third kappa shape index (κ3) is 3.22. The van der Waals surface area contributed by atoms with Crippen LogP contribution in [0.4, 0.5) is 0 Å². The summed E-state index contributed by atoms with van der Waals surface area (Å²) in [6, 6.07) is 9.92. The SMILES string of the molecule is CCC(C)c1ccc(Cn2ccc(C(=O)O)n2)cc1. The first kappa shape index (κ1) is 13.3. The molecule has 100 valence electrons. The van der Waals surface area contributed by atoms with Crippen molar-refractivity contribution in [3.63, 3.8) is 0 Å². The molecule has 0 saturated carbocycles. The number of aromatic carboxylic acids is 1. The summed E-state index contributed by atoms with van der Waals surface area (Å²) >= 11 is 0. The van der Waals surface area contributed by atoms with E-state index in [0.29, 0.717) is 12.5 Å². The summed E-state index contributed by atoms with van der Waals surface area (Å²) in [5.74, 6) is -0.428. The average Bonchev–Trinajstić information content (AvgIpc) is 2.87. The van der Waals surface area contributed by atoms with Crippen LogP contribution in [0.5, 0.6) is 0 Å². The van der Waals surface area contributed by atoms with Crippen LogP contribution in [-0.2, 0) is 6.54 Å². The van der Waals surface area contributed by atoms with Gasteiger partial charge in [-0.05, 0) is 29.5 Å². The second kappa shape index (κ2) is 5.69. The quantitative estimate of drug-likeness (QED) is 0.896. The van der Waals surface area contributed by atoms with E-state index in [1.54, 1.807) is 10.9 Å². The van der Waals surface area contributed by atoms with Crippen LogP contribution in [0.2, 0.25) is 0 Å². The van der Waals surface area contributed by atoms with Crippen molar-refractivity contribution in [2.24, 2.45) is 0 Å². The van der Waals surface area contributed by atoms with E-state index >= 15 is 0 Å². The second-order valence-electron chi connectivity index (χ2n) is 4.75. The molecule has 0 aliphatic heterocycles. The average molecular weight is 258 g/mol. The maximum absolute atomic E-state index is 10.7. The van der Waals surface area contributed by atoms with Gasteiger partial charge in [0.2, 0.25) is 0 Å². The topological polar surface area (TPSA) is 55.1 Å². The molecule has 1 aromatic carbocycles. The summed E-state index contributed by atoms with van der Waals surface area (Å²) in [6.07, 6.45) is 2.81. The van der Waals surface area contributed by atoms with Gasteiger partial charge in [-0.3, -0.25) is 4.68 Å². The molecule has 0 aliphatic carbocycles. The molecule has 0 aliphatic rings. The van der Waals surface area contributed by atoms with E-state index < -0.39 is 5.97 Å². The van der Waals surface area contributed by atoms with Crippen molar-refractivity contribution in [3.05, 3.63) is 53.3 Å². The van der Waals surface area contributed by atoms with E-state index in [1.807, 2.05) is 0 Å². The summed E-state index contributed by atoms with van der Waals surface area (Å²) in [5, 5.41) is 12.8. The highest BCUT2D eigenvalue weighted by Crippen LogP contribution is 2.19. The highest BCUT2D eigenvalue weighted by molar-refractivity contribution is 5.85. The molecular weight excluding hydrogens is 240 g/mol. The van der Waals surface area contributed by atoms with Gasteiger partial charge in [0.25, 0.3) is 0 Å². The summed E-state index contributed by atoms with van der Waals surface area (Å²) in [4.78, 5) is 10.7. The minimum absolute atomic E-state index is 0.0798. The van der Waals surface area contributed by atoms with Gasteiger partial charge in [-0.2, -0.15) is 5.10 Å². The smallest absolute Gasteiger partial charge is 0.356 e. The molecule has 0 amide bonds. The van der Waals surface area contributed by atoms with E-state index in [0.717, 1.165) is 12.0 Å². The number of nitrogens with zero attached hydrogens (tertiary/aromatic N) is 2. The van der Waals surface area contributed by atoms with Crippen molar-refractivity contribution in [1.82, 2.24) is 9.78 Å². The molecule has 2 aromatic rings. The lowest BCUT2D eigenvalue weighted by molar-refractivity contribution is 0.0689. The van der Waals surface area contributed by atoms with Crippen LogP contribution in [0.15, 0.2) is 36.5 Å². The molecular formula is C15H18N2O2. The van der Waals surface area contributed by atoms with Crippen LogP contribution < -0.4 is 0 Å². The van der Waals surface area contributed by atoms with Crippen molar-refractivity contribution in [3.8, 4) is 0 Å². The molecule has 1 N–H and O–H groups in total. The van der Waals surface area contributed by atoms with Crippen molar-refractivity contribution >= 4 is 5.97 Å². The van der Waals surface area contributed by atoms with Gasteiger partial charge in [-0.1, -0.05) is 38.1 Å². The van der Waals surface area contributed by atoms with Crippen molar-refractivity contribution in [2.75, 3.05) is 0 Å². The molecule has 1 aromatic heterocycles. The molecule has 0 bridgehead atoms. The van der Waals surface area contributed by atoms with E-state index in [9.17, 15) is 4.79 Å². The Hall–Kier alpha value is -2.10. The third-order valence-electron chi connectivity index (χ3n) is 3.37. The first-order valence-electron chi connectivity index (χ1n) is 6.45. The molecule has 19 heavy (non-hydrogen) atoms. The van der Waals surface area contributed by atoms with Gasteiger partial charge >= 0.3 is 5.97 Å². The summed E-state index contributed by atoms with van der Waals surface area (Å²) in [7, 11) is 0. The zero-order chi connectivity index (χ0) is 13.8. The van der Waals surface area contributed by atoms with Crippen LogP contribution in [0.25, 0.3) is 0 Å². The molecule has 0 fully saturated rings. The van der Waals surface area contributed by atoms with Gasteiger partial charge in [0.1, 0.15) is 0 Å². The maximum atomic E-state index is 10.7. The number of aromatic nitrogens is 2. The zero-order valence-corrected chi connectivity index (χ0v) is 11.2. The molecule has 0 spiro atoms. The minimum atomic E-state index is -0.995. The van der Waals surface area contributed by atoms with E-state index in [-0.39, 0.29) is 5.69 Å². The van der Waals surface area contributed by atoms with Crippen molar-refractivity contribution in [1.29, 1.82) is 0 Å². The Labute approximate surface area is 112 Å². The summed E-state index contributed by atoms with van der Waals surface area (Å²) in [5.41, 5.74) is 2.53. The first-order valence-corrected chi connectivity index (χ1v) is 6.45. The number of rotatable bonds is 5. The Morgan fingerprint density at radius 1 is 1.32 bits per heavy atom. The molecule has 0 radical (unpaired) electrons. The van der Waals surface area contributed by atoms with Gasteiger partial charge in [-0.15, -0.1) is 0 Å². The normalized spacial score (nSPS) is 12.3. The molecule has 1 atom stereocenters. The van der Waals surface area contributed by atoms with Gasteiger partial charge in [0.05, 0.1) is 6.54 Å². The van der Waals surface area contributed by atoms with Crippen molar-refractivity contribution in [2.45, 2.75) is 32.7 Å². The number of benzene rings is 1. The van der Waals surface area contributed by atoms with Crippen LogP contribution >= 0.6 is 0 Å². The number of hydrogen-bond donors (Lipinski definition) is 1. The van der Waals surface area contributed by atoms with E-state index in [2.05, 4.69) is 43.2 Å². The Morgan fingerprint density at radius 2 is 2.00 bits per heavy atom. The Kier molecular flexibility index (Phi) is 4.00. The second-order valence-corrected chi connectivity index (χ2v) is 4.75. The fourth-order valence-corrected chi connectivity index (χ4v) is 1.94. The highest BCUT2D eigenvalue weighted by atomic mass is 16.4. The van der Waals surface area contributed by atoms with Gasteiger partial charge < -0.3 is 5.11 Å². The lowest BCUT2D eigenvalue weighted by Gasteiger charge is -2.09. The fraction of sp³-hybridized carbons (Fsp3) is 0.333. The Bertz CT molecular complexity index is 558. The molecule has 0 saturated heterocycles. The Morgan fingerprint density at radius 3 is 2.53 bits per heavy atom. The number of carbonyl (C=O) groups is 1. The van der Waals surface area contributed by atoms with Crippen LogP contribution in [-0.4, -0.2) is 20.9 Å². The van der Waals surface area contributed by atoms with Crippen LogP contribution in [0.3, 0.4) is 0 Å². The van der Waals surface area contributed by atoms with Crippen LogP contribution in [0.1, 0.15) is 47.8 Å². The van der Waals surface area contributed by atoms with E-state index in [1.165, 1.54) is 11.6 Å². The number of hydrogen-bond acceptors (Lipinski definition) is 2. The van der Waals surface area contributed by atoms with E-state index in [4.69, 9.17) is 5.11 Å². The molecule has 2 rings (SSSR count). The molecule has 4 nitrogen and oxygen atoms in total. The predicted molar refractivity (Wildman–Crippen MR) is 73.4 cm³/mol. The van der Waals surface area contributed by atoms with Crippen LogP contribution in [0, 0.1) is 0 Å². The summed E-state index contributed by atoms with van der Waals surface area (Å²) in [6.45, 7) is 4.98. The third-order valence-corrected chi connectivity index (χ3v) is 3.37. The largest absolute Gasteiger partial charge is 0.476 e. The standard InChI is InChI=1S/C15H18N2O2/c1-3-11(2)13-6-4-12(5-7-13)10-17-9-8-14(16-17)15(18)19/h4-9,11H,3,10H2,1-2H3,(H,18,19). The number of carboxylic acids is 1. The maximum Gasteiger partial charge on any atom is 0.356 e. The molecule has 1 heterocycles. The Balaban J connectivity index is 2.08. The molecule has 4 heteroatoms. The fourth-order valence-electron chi connectivity index (χ4n) is 1.94. The van der Waals surface area contributed by atoms with Gasteiger partial charge in [0, 0.05) is 6.20 Å². The monoisotopic (exact) mass is 258 g/mol. The lowest BCUT2D eigenvalue weighted by atomic mass is 9.98. The highest BCUT2D eigenvalue weighted by Gasteiger charge is 2.07. The first-order chi connectivity index (χ1) is 9.10. The van der Waals surface area contributed by atoms with Gasteiger partial charge in [0.15, 0.2) is 5.69 Å².